The Morgan fingerprint density at radius 3 is 2.57 bits per heavy atom. The molecule has 0 heterocycles. The molecule has 0 saturated carbocycles. The highest BCUT2D eigenvalue weighted by Gasteiger charge is 1.87. The lowest BCUT2D eigenvalue weighted by molar-refractivity contribution is 0.901. The summed E-state index contributed by atoms with van der Waals surface area (Å²) >= 11 is 1.58. The van der Waals surface area contributed by atoms with E-state index in [-0.39, 0.29) is 0 Å². The van der Waals surface area contributed by atoms with E-state index in [1.54, 1.807) is 11.6 Å². The highest BCUT2D eigenvalue weighted by atomic mass is 32.7. The van der Waals surface area contributed by atoms with E-state index in [1.165, 1.54) is 0 Å². The zero-order valence-electron chi connectivity index (χ0n) is 4.35. The van der Waals surface area contributed by atoms with Crippen LogP contribution in [-0.2, 0) is 0 Å². The van der Waals surface area contributed by atoms with Crippen molar-refractivity contribution < 1.29 is 0 Å². The summed E-state index contributed by atoms with van der Waals surface area (Å²) in [5.41, 5.74) is 0.674. The van der Waals surface area contributed by atoms with Crippen LogP contribution in [-0.4, -0.2) is 12.2 Å². The van der Waals surface area contributed by atoms with Crippen molar-refractivity contribution in [3.8, 4) is 0 Å². The molecule has 0 rings (SSSR count). The lowest BCUT2D eigenvalue weighted by atomic mass is 10.5. The van der Waals surface area contributed by atoms with Gasteiger partial charge in [-0.05, 0) is 5.66 Å². The van der Waals surface area contributed by atoms with Gasteiger partial charge in [-0.1, -0.05) is 26.9 Å². The third-order valence-corrected chi connectivity index (χ3v) is 1.56. The summed E-state index contributed by atoms with van der Waals surface area (Å²) in [5.74, 6) is 0. The molecule has 0 aromatic rings. The lowest BCUT2D eigenvalue weighted by Gasteiger charge is -2.00. The number of hydrogen-bond donors (Lipinski definition) is 1. The van der Waals surface area contributed by atoms with E-state index in [4.69, 9.17) is 0 Å². The first-order valence-corrected chi connectivity index (χ1v) is 5.07. The quantitative estimate of drug-likeness (QED) is 0.486. The van der Waals surface area contributed by atoms with E-state index in [0.717, 1.165) is 6.54 Å². The summed E-state index contributed by atoms with van der Waals surface area (Å²) in [6.45, 7) is 3.21. The highest BCUT2D eigenvalue weighted by Crippen LogP contribution is 2.04. The standard InChI is InChI=1S/C3H11NP2S/c1-3(5)2-4-7-6/h3-4H,2,5-6H2,1H3/t3-/m1/s1. The van der Waals surface area contributed by atoms with Crippen LogP contribution < -0.4 is 4.72 Å². The average molecular weight is 155 g/mol. The molecule has 2 unspecified atom stereocenters. The van der Waals surface area contributed by atoms with Gasteiger partial charge in [-0.15, -0.1) is 9.24 Å². The molecular formula is C3H11NP2S. The van der Waals surface area contributed by atoms with E-state index in [2.05, 4.69) is 29.3 Å². The van der Waals surface area contributed by atoms with Gasteiger partial charge in [-0.2, -0.15) is 0 Å². The van der Waals surface area contributed by atoms with Gasteiger partial charge in [0.1, 0.15) is 0 Å². The molecule has 1 N–H and O–H groups in total. The van der Waals surface area contributed by atoms with Gasteiger partial charge in [0.2, 0.25) is 0 Å². The first-order valence-electron chi connectivity index (χ1n) is 2.11. The van der Waals surface area contributed by atoms with Crippen molar-refractivity contribution in [2.24, 2.45) is 0 Å². The van der Waals surface area contributed by atoms with Crippen LogP contribution in [0.15, 0.2) is 0 Å². The Hall–Kier alpha value is 1.17. The van der Waals surface area contributed by atoms with Crippen molar-refractivity contribution in [1.29, 1.82) is 0 Å². The molecule has 0 aliphatic carbocycles. The third kappa shape index (κ3) is 7.17. The van der Waals surface area contributed by atoms with Gasteiger partial charge in [0.05, 0.1) is 0 Å². The predicted molar refractivity (Wildman–Crippen MR) is 44.5 cm³/mol. The third-order valence-electron chi connectivity index (χ3n) is 0.489. The monoisotopic (exact) mass is 155 g/mol. The van der Waals surface area contributed by atoms with Crippen LogP contribution >= 0.6 is 29.2 Å². The summed E-state index contributed by atoms with van der Waals surface area (Å²) in [5, 5.41) is 0. The minimum Gasteiger partial charge on any atom is -0.260 e. The maximum absolute atomic E-state index is 3.11. The molecule has 0 aromatic heterocycles. The summed E-state index contributed by atoms with van der Waals surface area (Å²) < 4.78 is 3.11. The fourth-order valence-electron chi connectivity index (χ4n) is 0.180. The number of nitrogens with one attached hydrogen (secondary N) is 1. The van der Waals surface area contributed by atoms with Crippen LogP contribution in [0.4, 0.5) is 0 Å². The van der Waals surface area contributed by atoms with Crippen LogP contribution in [0.1, 0.15) is 6.92 Å². The number of hydrogen-bond acceptors (Lipinski definition) is 2. The summed E-state index contributed by atoms with van der Waals surface area (Å²) in [6.07, 6.45) is 0. The van der Waals surface area contributed by atoms with E-state index >= 15 is 0 Å². The van der Waals surface area contributed by atoms with Crippen LogP contribution in [0.2, 0.25) is 0 Å². The van der Waals surface area contributed by atoms with Crippen LogP contribution in [0.3, 0.4) is 0 Å². The minimum atomic E-state index is 0.674. The molecule has 7 heavy (non-hydrogen) atoms. The normalized spacial score (nSPS) is 14.1. The first kappa shape index (κ1) is 8.17. The van der Waals surface area contributed by atoms with Gasteiger partial charge in [0.15, 0.2) is 0 Å². The topological polar surface area (TPSA) is 12.0 Å². The van der Waals surface area contributed by atoms with Crippen molar-refractivity contribution >= 4 is 29.2 Å². The molecule has 0 spiro atoms. The van der Waals surface area contributed by atoms with Crippen molar-refractivity contribution in [1.82, 2.24) is 4.72 Å². The maximum Gasteiger partial charge on any atom is 0.0122 e. The molecule has 0 aliphatic rings. The second kappa shape index (κ2) is 5.31. The number of rotatable bonds is 3. The van der Waals surface area contributed by atoms with Crippen LogP contribution in [0.25, 0.3) is 0 Å². The van der Waals surface area contributed by atoms with E-state index in [0.29, 0.717) is 5.66 Å². The van der Waals surface area contributed by atoms with Crippen molar-refractivity contribution in [3.05, 3.63) is 0 Å². The predicted octanol–water partition coefficient (Wildman–Crippen LogP) is 1.28. The lowest BCUT2D eigenvalue weighted by Crippen LogP contribution is -2.11. The minimum absolute atomic E-state index is 0.674. The fourth-order valence-corrected chi connectivity index (χ4v) is 1.12. The van der Waals surface area contributed by atoms with Crippen molar-refractivity contribution in [2.45, 2.75) is 12.6 Å². The molecule has 0 saturated heterocycles. The second-order valence-corrected chi connectivity index (χ2v) is 3.81. The molecule has 44 valence electrons. The Morgan fingerprint density at radius 1 is 1.86 bits per heavy atom. The molecule has 0 aromatic carbocycles. The van der Waals surface area contributed by atoms with Gasteiger partial charge in [-0.3, -0.25) is 4.72 Å². The molecule has 3 atom stereocenters. The molecule has 4 heteroatoms. The van der Waals surface area contributed by atoms with Crippen molar-refractivity contribution in [3.63, 3.8) is 0 Å². The van der Waals surface area contributed by atoms with Crippen molar-refractivity contribution in [2.75, 3.05) is 6.54 Å². The molecule has 0 bridgehead atoms. The molecule has 0 aliphatic heterocycles. The van der Waals surface area contributed by atoms with E-state index in [9.17, 15) is 0 Å². The van der Waals surface area contributed by atoms with E-state index in [1.807, 2.05) is 0 Å². The van der Waals surface area contributed by atoms with Crippen LogP contribution in [0, 0.1) is 0 Å². The summed E-state index contributed by atoms with van der Waals surface area (Å²) in [4.78, 5) is 0. The van der Waals surface area contributed by atoms with Gasteiger partial charge in [0, 0.05) is 6.54 Å². The molecule has 0 radical (unpaired) electrons. The Kier molecular flexibility index (Phi) is 6.20. The van der Waals surface area contributed by atoms with Crippen LogP contribution in [0.5, 0.6) is 0 Å². The molecular weight excluding hydrogens is 144 g/mol. The fraction of sp³-hybridized carbons (Fsp3) is 1.00. The Morgan fingerprint density at radius 2 is 2.43 bits per heavy atom. The van der Waals surface area contributed by atoms with Gasteiger partial charge < -0.3 is 0 Å². The van der Waals surface area contributed by atoms with Gasteiger partial charge in [0.25, 0.3) is 0 Å². The highest BCUT2D eigenvalue weighted by molar-refractivity contribution is 8.42. The molecule has 1 nitrogen and oxygen atoms in total. The van der Waals surface area contributed by atoms with Gasteiger partial charge in [-0.25, -0.2) is 0 Å². The Balaban J connectivity index is 2.68. The maximum atomic E-state index is 3.11. The summed E-state index contributed by atoms with van der Waals surface area (Å²) in [7, 11) is 5.26. The molecule has 0 fully saturated rings. The van der Waals surface area contributed by atoms with Gasteiger partial charge >= 0.3 is 0 Å². The largest absolute Gasteiger partial charge is 0.260 e. The Bertz CT molecular complexity index is 41.9. The Labute approximate surface area is 53.7 Å². The second-order valence-electron chi connectivity index (χ2n) is 1.44. The molecule has 0 amide bonds. The average Bonchev–Trinajstić information content (AvgIpc) is 1.61. The zero-order valence-corrected chi connectivity index (χ0v) is 7.47. The zero-order chi connectivity index (χ0) is 5.70. The first-order chi connectivity index (χ1) is 3.27. The smallest absolute Gasteiger partial charge is 0.0122 e. The van der Waals surface area contributed by atoms with E-state index < -0.39 is 0 Å². The SMILES string of the molecule is C[C@@H](P)CNSP. The summed E-state index contributed by atoms with van der Waals surface area (Å²) in [6, 6.07) is 0.